The minimum absolute atomic E-state index is 0.0802. The minimum Gasteiger partial charge on any atom is -0.370 e. The Bertz CT molecular complexity index is 191. The summed E-state index contributed by atoms with van der Waals surface area (Å²) in [5.74, 6) is 0.981. The Balaban J connectivity index is 2.30. The van der Waals surface area contributed by atoms with E-state index in [4.69, 9.17) is 11.5 Å². The number of carbonyl (C=O) groups is 1. The largest absolute Gasteiger partial charge is 0.370 e. The molecule has 0 spiro atoms. The quantitative estimate of drug-likeness (QED) is 0.649. The predicted molar refractivity (Wildman–Crippen MR) is 48.3 cm³/mol. The van der Waals surface area contributed by atoms with Gasteiger partial charge in [-0.15, -0.1) is 0 Å². The Hall–Kier alpha value is -0.570. The number of nitrogens with two attached hydrogens (primary N) is 2. The third-order valence-corrected chi connectivity index (χ3v) is 2.82. The molecule has 0 heterocycles. The summed E-state index contributed by atoms with van der Waals surface area (Å²) in [5, 5.41) is 0. The molecule has 0 saturated heterocycles. The molecule has 2 atom stereocenters. The molecule has 3 heteroatoms. The van der Waals surface area contributed by atoms with Gasteiger partial charge in [0, 0.05) is 12.0 Å². The van der Waals surface area contributed by atoms with Crippen molar-refractivity contribution in [3.8, 4) is 0 Å². The molecular weight excluding hydrogens is 152 g/mol. The molecule has 0 radical (unpaired) electrons. The van der Waals surface area contributed by atoms with Crippen LogP contribution in [-0.2, 0) is 4.79 Å². The Labute approximate surface area is 73.5 Å². The third-order valence-electron chi connectivity index (χ3n) is 2.82. The van der Waals surface area contributed by atoms with Crippen LogP contribution in [0.25, 0.3) is 0 Å². The molecule has 1 aliphatic carbocycles. The summed E-state index contributed by atoms with van der Waals surface area (Å²) in [7, 11) is 0. The van der Waals surface area contributed by atoms with Crippen molar-refractivity contribution < 1.29 is 4.79 Å². The first kappa shape index (κ1) is 9.52. The van der Waals surface area contributed by atoms with Crippen molar-refractivity contribution in [2.24, 2.45) is 23.3 Å². The van der Waals surface area contributed by atoms with Crippen LogP contribution in [0.15, 0.2) is 0 Å². The van der Waals surface area contributed by atoms with Crippen LogP contribution >= 0.6 is 0 Å². The highest BCUT2D eigenvalue weighted by molar-refractivity contribution is 5.73. The van der Waals surface area contributed by atoms with Crippen molar-refractivity contribution in [1.82, 2.24) is 0 Å². The lowest BCUT2D eigenvalue weighted by Gasteiger charge is -2.11. The molecule has 1 saturated carbocycles. The minimum atomic E-state index is -0.241. The molecule has 4 N–H and O–H groups in total. The Morgan fingerprint density at radius 1 is 1.67 bits per heavy atom. The number of rotatable bonds is 4. The van der Waals surface area contributed by atoms with E-state index in [0.717, 1.165) is 12.8 Å². The molecule has 2 unspecified atom stereocenters. The molecule has 0 aromatic carbocycles. The van der Waals surface area contributed by atoms with Crippen LogP contribution in [0.2, 0.25) is 0 Å². The van der Waals surface area contributed by atoms with Crippen LogP contribution in [-0.4, -0.2) is 11.4 Å². The number of primary amides is 1. The molecule has 1 aliphatic rings. The average molecular weight is 170 g/mol. The number of hydrogen-bond acceptors (Lipinski definition) is 2. The van der Waals surface area contributed by atoms with Gasteiger partial charge in [0.2, 0.25) is 5.91 Å². The summed E-state index contributed by atoms with van der Waals surface area (Å²) in [6, 6.07) is 0. The Kier molecular flexibility index (Phi) is 2.42. The summed E-state index contributed by atoms with van der Waals surface area (Å²) >= 11 is 0. The van der Waals surface area contributed by atoms with Gasteiger partial charge in [-0.1, -0.05) is 13.8 Å². The van der Waals surface area contributed by atoms with Crippen LogP contribution in [0.4, 0.5) is 0 Å². The van der Waals surface area contributed by atoms with E-state index in [1.165, 1.54) is 0 Å². The number of hydrogen-bond donors (Lipinski definition) is 2. The normalized spacial score (nSPS) is 33.8. The molecule has 0 aliphatic heterocycles. The standard InChI is InChI=1S/C9H18N2O/c1-6(2)7-5-9(7,11)4-3-8(10)12/h6-7H,3-5,11H2,1-2H3,(H2,10,12). The highest BCUT2D eigenvalue weighted by Gasteiger charge is 2.51. The zero-order valence-electron chi connectivity index (χ0n) is 7.84. The van der Waals surface area contributed by atoms with E-state index in [0.29, 0.717) is 18.3 Å². The zero-order chi connectivity index (χ0) is 9.35. The fraction of sp³-hybridized carbons (Fsp3) is 0.889. The molecule has 0 aromatic rings. The molecular formula is C9H18N2O. The average Bonchev–Trinajstić information content (AvgIpc) is 2.60. The Morgan fingerprint density at radius 2 is 2.25 bits per heavy atom. The molecule has 12 heavy (non-hydrogen) atoms. The second kappa shape index (κ2) is 3.05. The fourth-order valence-corrected chi connectivity index (χ4v) is 1.89. The van der Waals surface area contributed by atoms with Gasteiger partial charge in [-0.2, -0.15) is 0 Å². The molecule has 0 aromatic heterocycles. The Morgan fingerprint density at radius 3 is 2.58 bits per heavy atom. The molecule has 1 fully saturated rings. The van der Waals surface area contributed by atoms with Gasteiger partial charge in [0.15, 0.2) is 0 Å². The SMILES string of the molecule is CC(C)C1CC1(N)CCC(N)=O. The van der Waals surface area contributed by atoms with Gasteiger partial charge in [-0.05, 0) is 24.7 Å². The van der Waals surface area contributed by atoms with Gasteiger partial charge in [-0.3, -0.25) is 4.79 Å². The van der Waals surface area contributed by atoms with Crippen molar-refractivity contribution in [3.63, 3.8) is 0 Å². The van der Waals surface area contributed by atoms with E-state index in [9.17, 15) is 4.79 Å². The monoisotopic (exact) mass is 170 g/mol. The molecule has 1 amide bonds. The number of amides is 1. The molecule has 70 valence electrons. The first-order chi connectivity index (χ1) is 5.46. The van der Waals surface area contributed by atoms with Crippen molar-refractivity contribution in [3.05, 3.63) is 0 Å². The molecule has 3 nitrogen and oxygen atoms in total. The van der Waals surface area contributed by atoms with Gasteiger partial charge in [-0.25, -0.2) is 0 Å². The van der Waals surface area contributed by atoms with Gasteiger partial charge >= 0.3 is 0 Å². The zero-order valence-corrected chi connectivity index (χ0v) is 7.84. The van der Waals surface area contributed by atoms with Crippen molar-refractivity contribution in [2.45, 2.75) is 38.6 Å². The van der Waals surface area contributed by atoms with Gasteiger partial charge in [0.05, 0.1) is 0 Å². The maximum Gasteiger partial charge on any atom is 0.217 e. The smallest absolute Gasteiger partial charge is 0.217 e. The topological polar surface area (TPSA) is 69.1 Å². The van der Waals surface area contributed by atoms with Gasteiger partial charge in [0.25, 0.3) is 0 Å². The molecule has 1 rings (SSSR count). The maximum absolute atomic E-state index is 10.5. The van der Waals surface area contributed by atoms with Crippen LogP contribution in [0.1, 0.15) is 33.1 Å². The van der Waals surface area contributed by atoms with Crippen molar-refractivity contribution in [1.29, 1.82) is 0 Å². The lowest BCUT2D eigenvalue weighted by Crippen LogP contribution is -2.28. The van der Waals surface area contributed by atoms with Crippen LogP contribution in [0.5, 0.6) is 0 Å². The lowest BCUT2D eigenvalue weighted by atomic mass is 10.0. The first-order valence-electron chi connectivity index (χ1n) is 4.53. The van der Waals surface area contributed by atoms with E-state index in [1.807, 2.05) is 0 Å². The summed E-state index contributed by atoms with van der Waals surface area (Å²) in [4.78, 5) is 10.5. The van der Waals surface area contributed by atoms with Crippen LogP contribution < -0.4 is 11.5 Å². The predicted octanol–water partition coefficient (Wildman–Crippen LogP) is 0.625. The second-order valence-electron chi connectivity index (χ2n) is 4.25. The van der Waals surface area contributed by atoms with Crippen LogP contribution in [0.3, 0.4) is 0 Å². The fourth-order valence-electron chi connectivity index (χ4n) is 1.89. The van der Waals surface area contributed by atoms with E-state index in [1.54, 1.807) is 0 Å². The highest BCUT2D eigenvalue weighted by atomic mass is 16.1. The highest BCUT2D eigenvalue weighted by Crippen LogP contribution is 2.48. The lowest BCUT2D eigenvalue weighted by molar-refractivity contribution is -0.118. The van der Waals surface area contributed by atoms with Gasteiger partial charge in [0.1, 0.15) is 0 Å². The van der Waals surface area contributed by atoms with Crippen LogP contribution in [0, 0.1) is 11.8 Å². The van der Waals surface area contributed by atoms with E-state index < -0.39 is 0 Å². The summed E-state index contributed by atoms with van der Waals surface area (Å²) < 4.78 is 0. The maximum atomic E-state index is 10.5. The number of carbonyl (C=O) groups excluding carboxylic acids is 1. The van der Waals surface area contributed by atoms with E-state index in [-0.39, 0.29) is 11.4 Å². The second-order valence-corrected chi connectivity index (χ2v) is 4.25. The summed E-state index contributed by atoms with van der Waals surface area (Å²) in [6.45, 7) is 4.34. The summed E-state index contributed by atoms with van der Waals surface area (Å²) in [5.41, 5.74) is 11.0. The van der Waals surface area contributed by atoms with E-state index >= 15 is 0 Å². The first-order valence-corrected chi connectivity index (χ1v) is 4.53. The summed E-state index contributed by atoms with van der Waals surface area (Å²) in [6.07, 6.45) is 2.24. The van der Waals surface area contributed by atoms with Crippen molar-refractivity contribution in [2.75, 3.05) is 0 Å². The molecule has 0 bridgehead atoms. The third kappa shape index (κ3) is 1.97. The van der Waals surface area contributed by atoms with Gasteiger partial charge < -0.3 is 11.5 Å². The van der Waals surface area contributed by atoms with E-state index in [2.05, 4.69) is 13.8 Å². The van der Waals surface area contributed by atoms with Crippen molar-refractivity contribution >= 4 is 5.91 Å².